The molecule has 0 aliphatic rings. The highest BCUT2D eigenvalue weighted by Gasteiger charge is 2.08. The Bertz CT molecular complexity index is 1210. The average Bonchev–Trinajstić information content (AvgIpc) is 2.79. The molecule has 0 radical (unpaired) electrons. The van der Waals surface area contributed by atoms with Gasteiger partial charge in [0.25, 0.3) is 5.56 Å². The van der Waals surface area contributed by atoms with Crippen molar-refractivity contribution in [2.45, 2.75) is 23.6 Å². The van der Waals surface area contributed by atoms with E-state index in [0.717, 1.165) is 16.2 Å². The Morgan fingerprint density at radius 3 is 2.67 bits per heavy atom. The number of anilines is 1. The van der Waals surface area contributed by atoms with E-state index in [-0.39, 0.29) is 24.4 Å². The maximum atomic E-state index is 12.4. The van der Waals surface area contributed by atoms with Crippen molar-refractivity contribution in [1.82, 2.24) is 20.0 Å². The minimum absolute atomic E-state index is 0.129. The fourth-order valence-corrected chi connectivity index (χ4v) is 3.72. The van der Waals surface area contributed by atoms with Gasteiger partial charge in [-0.1, -0.05) is 23.4 Å². The van der Waals surface area contributed by atoms with Gasteiger partial charge in [-0.15, -0.1) is 16.9 Å². The number of aryl methyl sites for hydroxylation is 1. The molecule has 7 nitrogen and oxygen atoms in total. The van der Waals surface area contributed by atoms with E-state index in [9.17, 15) is 9.59 Å². The molecule has 1 N–H and O–H groups in total. The minimum atomic E-state index is -0.247. The lowest BCUT2D eigenvalue weighted by atomic mass is 10.2. The predicted octanol–water partition coefficient (Wildman–Crippen LogP) is 3.51. The van der Waals surface area contributed by atoms with Crippen molar-refractivity contribution in [2.24, 2.45) is 0 Å². The van der Waals surface area contributed by atoms with Gasteiger partial charge in [0.2, 0.25) is 5.91 Å². The highest BCUT2D eigenvalue weighted by atomic mass is 32.2. The molecule has 0 unspecified atom stereocenters. The van der Waals surface area contributed by atoms with E-state index in [4.69, 9.17) is 0 Å². The van der Waals surface area contributed by atoms with E-state index >= 15 is 0 Å². The molecule has 0 fully saturated rings. The number of hydrogen-bond donors (Lipinski definition) is 1. The predicted molar refractivity (Wildman–Crippen MR) is 117 cm³/mol. The molecule has 1 amide bonds. The normalized spacial score (nSPS) is 10.8. The summed E-state index contributed by atoms with van der Waals surface area (Å²) in [5.74, 6) is 0.647. The Morgan fingerprint density at radius 1 is 1.03 bits per heavy atom. The molecule has 2 aromatic carbocycles. The molecule has 0 atom stereocenters. The number of aromatic nitrogens is 4. The van der Waals surface area contributed by atoms with Gasteiger partial charge in [-0.2, -0.15) is 0 Å². The molecule has 150 valence electrons. The lowest BCUT2D eigenvalue weighted by molar-refractivity contribution is -0.116. The van der Waals surface area contributed by atoms with Gasteiger partial charge < -0.3 is 5.32 Å². The molecule has 0 bridgehead atoms. The number of amides is 1. The molecule has 30 heavy (non-hydrogen) atoms. The third-order valence-corrected chi connectivity index (χ3v) is 5.53. The Kier molecular flexibility index (Phi) is 6.14. The summed E-state index contributed by atoms with van der Waals surface area (Å²) in [4.78, 5) is 29.9. The second kappa shape index (κ2) is 9.32. The van der Waals surface area contributed by atoms with Crippen LogP contribution < -0.4 is 10.9 Å². The molecule has 2 aromatic heterocycles. The summed E-state index contributed by atoms with van der Waals surface area (Å²) in [6.45, 7) is 0.168. The molecule has 4 rings (SSSR count). The number of nitrogens with zero attached hydrogens (tertiary/aromatic N) is 4. The van der Waals surface area contributed by atoms with Crippen molar-refractivity contribution in [3.63, 3.8) is 0 Å². The van der Waals surface area contributed by atoms with Crippen LogP contribution >= 0.6 is 11.8 Å². The SMILES string of the molecule is O=C(CCn1nnc2ccccc2c1=O)Nc1ccc(SCc2cccnc2)cc1. The number of carbonyl (C=O) groups is 1. The van der Waals surface area contributed by atoms with Gasteiger partial charge in [0.1, 0.15) is 5.52 Å². The summed E-state index contributed by atoms with van der Waals surface area (Å²) in [6.07, 6.45) is 3.74. The average molecular weight is 417 g/mol. The van der Waals surface area contributed by atoms with Gasteiger partial charge in [0.05, 0.1) is 11.9 Å². The summed E-state index contributed by atoms with van der Waals surface area (Å²) in [5.41, 5.74) is 2.17. The van der Waals surface area contributed by atoms with Crippen molar-refractivity contribution in [3.8, 4) is 0 Å². The molecule has 8 heteroatoms. The quantitative estimate of drug-likeness (QED) is 0.463. The van der Waals surface area contributed by atoms with E-state index in [1.54, 1.807) is 42.2 Å². The number of nitrogens with one attached hydrogen (secondary N) is 1. The van der Waals surface area contributed by atoms with E-state index in [2.05, 4.69) is 20.6 Å². The molecule has 0 spiro atoms. The van der Waals surface area contributed by atoms with Crippen LogP contribution in [0.15, 0.2) is 82.7 Å². The number of carbonyl (C=O) groups excluding carboxylic acids is 1. The highest BCUT2D eigenvalue weighted by molar-refractivity contribution is 7.98. The zero-order chi connectivity index (χ0) is 20.8. The highest BCUT2D eigenvalue weighted by Crippen LogP contribution is 2.24. The topological polar surface area (TPSA) is 89.8 Å². The third kappa shape index (κ3) is 4.90. The number of fused-ring (bicyclic) bond motifs is 1. The monoisotopic (exact) mass is 417 g/mol. The van der Waals surface area contributed by atoms with Crippen molar-refractivity contribution in [3.05, 3.63) is 89.0 Å². The molecular formula is C22H19N5O2S. The smallest absolute Gasteiger partial charge is 0.277 e. The van der Waals surface area contributed by atoms with E-state index in [1.807, 2.05) is 42.6 Å². The number of thioether (sulfide) groups is 1. The standard InChI is InChI=1S/C22H19N5O2S/c28-21(11-13-27-22(29)19-5-1-2-6-20(19)25-26-27)24-17-7-9-18(10-8-17)30-15-16-4-3-12-23-14-16/h1-10,12,14H,11,13,15H2,(H,24,28). The molecule has 0 saturated heterocycles. The lowest BCUT2D eigenvalue weighted by Gasteiger charge is -2.08. The van der Waals surface area contributed by atoms with Gasteiger partial charge in [-0.05, 0) is 48.0 Å². The van der Waals surface area contributed by atoms with Gasteiger partial charge in [0, 0.05) is 35.2 Å². The second-order valence-electron chi connectivity index (χ2n) is 6.61. The van der Waals surface area contributed by atoms with Crippen molar-refractivity contribution < 1.29 is 4.79 Å². The van der Waals surface area contributed by atoms with Gasteiger partial charge in [0.15, 0.2) is 0 Å². The van der Waals surface area contributed by atoms with Crippen LogP contribution in [0.1, 0.15) is 12.0 Å². The van der Waals surface area contributed by atoms with Gasteiger partial charge in [-0.25, -0.2) is 4.68 Å². The molecule has 0 aliphatic heterocycles. The largest absolute Gasteiger partial charge is 0.326 e. The van der Waals surface area contributed by atoms with Crippen LogP contribution in [-0.4, -0.2) is 25.9 Å². The first-order chi connectivity index (χ1) is 14.7. The Morgan fingerprint density at radius 2 is 1.87 bits per heavy atom. The van der Waals surface area contributed by atoms with Gasteiger partial charge >= 0.3 is 0 Å². The Balaban J connectivity index is 1.31. The molecule has 0 aliphatic carbocycles. The first kappa shape index (κ1) is 19.8. The van der Waals surface area contributed by atoms with Crippen molar-refractivity contribution in [1.29, 1.82) is 0 Å². The maximum Gasteiger partial charge on any atom is 0.277 e. The first-order valence-electron chi connectivity index (χ1n) is 9.43. The Hall–Kier alpha value is -3.52. The zero-order valence-corrected chi connectivity index (χ0v) is 16.9. The van der Waals surface area contributed by atoms with Crippen LogP contribution in [0.25, 0.3) is 10.9 Å². The Labute approximate surface area is 177 Å². The fraction of sp³-hybridized carbons (Fsp3) is 0.136. The second-order valence-corrected chi connectivity index (χ2v) is 7.66. The number of hydrogen-bond acceptors (Lipinski definition) is 6. The van der Waals surface area contributed by atoms with Crippen LogP contribution in [0.5, 0.6) is 0 Å². The van der Waals surface area contributed by atoms with Crippen LogP contribution in [0.4, 0.5) is 5.69 Å². The summed E-state index contributed by atoms with van der Waals surface area (Å²) >= 11 is 1.71. The van der Waals surface area contributed by atoms with E-state index in [0.29, 0.717) is 16.6 Å². The summed E-state index contributed by atoms with van der Waals surface area (Å²) < 4.78 is 1.22. The number of rotatable bonds is 7. The molecule has 4 aromatic rings. The van der Waals surface area contributed by atoms with E-state index in [1.165, 1.54) is 4.68 Å². The lowest BCUT2D eigenvalue weighted by Crippen LogP contribution is -2.26. The maximum absolute atomic E-state index is 12.4. The molecule has 0 saturated carbocycles. The van der Waals surface area contributed by atoms with Crippen molar-refractivity contribution >= 4 is 34.3 Å². The van der Waals surface area contributed by atoms with Crippen LogP contribution in [0, 0.1) is 0 Å². The molecular weight excluding hydrogens is 398 g/mol. The third-order valence-electron chi connectivity index (χ3n) is 4.45. The van der Waals surface area contributed by atoms with Crippen LogP contribution in [0.3, 0.4) is 0 Å². The zero-order valence-electron chi connectivity index (χ0n) is 16.1. The summed E-state index contributed by atoms with van der Waals surface area (Å²) in [7, 11) is 0. The van der Waals surface area contributed by atoms with Crippen LogP contribution in [0.2, 0.25) is 0 Å². The summed E-state index contributed by atoms with van der Waals surface area (Å²) in [5, 5.41) is 11.3. The van der Waals surface area contributed by atoms with Gasteiger partial charge in [-0.3, -0.25) is 14.6 Å². The fourth-order valence-electron chi connectivity index (χ4n) is 2.89. The van der Waals surface area contributed by atoms with Crippen molar-refractivity contribution in [2.75, 3.05) is 5.32 Å². The number of benzene rings is 2. The molecule has 2 heterocycles. The van der Waals surface area contributed by atoms with Crippen LogP contribution in [-0.2, 0) is 17.1 Å². The minimum Gasteiger partial charge on any atom is -0.326 e. The number of pyridine rings is 1. The summed E-state index contributed by atoms with van der Waals surface area (Å²) in [6, 6.07) is 18.7. The van der Waals surface area contributed by atoms with E-state index < -0.39 is 0 Å². The first-order valence-corrected chi connectivity index (χ1v) is 10.4.